The molecule has 0 unspecified atom stereocenters. The van der Waals surface area contributed by atoms with Crippen LogP contribution in [-0.2, 0) is 16.1 Å². The van der Waals surface area contributed by atoms with E-state index in [4.69, 9.17) is 9.47 Å². The van der Waals surface area contributed by atoms with E-state index < -0.39 is 5.60 Å². The van der Waals surface area contributed by atoms with E-state index in [1.54, 1.807) is 11.0 Å². The van der Waals surface area contributed by atoms with Gasteiger partial charge in [-0.3, -0.25) is 9.69 Å². The molecule has 1 aromatic carbocycles. The molecule has 1 aliphatic carbocycles. The maximum absolute atomic E-state index is 13.7. The summed E-state index contributed by atoms with van der Waals surface area (Å²) in [7, 11) is 0. The summed E-state index contributed by atoms with van der Waals surface area (Å²) < 4.78 is 24.6. The second-order valence-electron chi connectivity index (χ2n) is 12.6. The van der Waals surface area contributed by atoms with Gasteiger partial charge >= 0.3 is 6.09 Å². The number of anilines is 1. The molecule has 0 N–H and O–H groups in total. The lowest BCUT2D eigenvalue weighted by atomic mass is 9.86. The van der Waals surface area contributed by atoms with Gasteiger partial charge in [0, 0.05) is 56.4 Å². The van der Waals surface area contributed by atoms with Crippen LogP contribution < -0.4 is 9.64 Å². The first kappa shape index (κ1) is 30.8. The van der Waals surface area contributed by atoms with Crippen LogP contribution >= 0.6 is 0 Å². The molecule has 1 aliphatic heterocycles. The largest absolute Gasteiger partial charge is 0.474 e. The van der Waals surface area contributed by atoms with E-state index in [-0.39, 0.29) is 35.9 Å². The Morgan fingerprint density at radius 3 is 2.29 bits per heavy atom. The highest BCUT2D eigenvalue weighted by Gasteiger charge is 2.32. The third-order valence-electron chi connectivity index (χ3n) is 7.79. The zero-order valence-corrected chi connectivity index (χ0v) is 25.4. The van der Waals surface area contributed by atoms with Gasteiger partial charge in [0.25, 0.3) is 0 Å². The Hall–Kier alpha value is -3.20. The monoisotopic (exact) mass is 568 g/mol. The fraction of sp³-hybridized carbons (Fsp3) is 0.594. The molecule has 2 aromatic rings. The topological polar surface area (TPSA) is 75.2 Å². The van der Waals surface area contributed by atoms with Crippen LogP contribution in [0.2, 0.25) is 0 Å². The van der Waals surface area contributed by atoms with Crippen molar-refractivity contribution in [1.82, 2.24) is 14.8 Å². The van der Waals surface area contributed by atoms with Crippen LogP contribution in [0.25, 0.3) is 0 Å². The number of halogens is 1. The summed E-state index contributed by atoms with van der Waals surface area (Å²) in [6.45, 7) is 15.6. The van der Waals surface area contributed by atoms with Crippen LogP contribution in [0.3, 0.4) is 0 Å². The van der Waals surface area contributed by atoms with E-state index in [1.807, 2.05) is 25.7 Å². The van der Waals surface area contributed by atoms with Gasteiger partial charge in [-0.1, -0.05) is 6.07 Å². The molecule has 2 heterocycles. The van der Waals surface area contributed by atoms with Crippen molar-refractivity contribution >= 4 is 17.7 Å². The smallest absolute Gasteiger partial charge is 0.410 e. The number of aromatic nitrogens is 1. The molecule has 1 aromatic heterocycles. The second kappa shape index (κ2) is 13.2. The number of benzene rings is 1. The summed E-state index contributed by atoms with van der Waals surface area (Å²) in [6, 6.07) is 9.24. The van der Waals surface area contributed by atoms with Gasteiger partial charge in [-0.25, -0.2) is 14.2 Å². The minimum atomic E-state index is -0.491. The summed E-state index contributed by atoms with van der Waals surface area (Å²) >= 11 is 0. The highest BCUT2D eigenvalue weighted by Crippen LogP contribution is 2.32. The van der Waals surface area contributed by atoms with Crippen LogP contribution in [0.4, 0.5) is 14.9 Å². The molecule has 2 amide bonds. The molecule has 2 aliphatic rings. The minimum absolute atomic E-state index is 0.0166. The molecule has 0 spiro atoms. The Bertz CT molecular complexity index is 1180. The van der Waals surface area contributed by atoms with E-state index in [0.29, 0.717) is 19.0 Å². The first-order valence-corrected chi connectivity index (χ1v) is 14.8. The third kappa shape index (κ3) is 8.41. The van der Waals surface area contributed by atoms with Crippen molar-refractivity contribution in [2.24, 2.45) is 5.92 Å². The molecule has 224 valence electrons. The summed E-state index contributed by atoms with van der Waals surface area (Å²) in [5, 5.41) is 0. The van der Waals surface area contributed by atoms with E-state index in [9.17, 15) is 14.0 Å². The van der Waals surface area contributed by atoms with E-state index in [1.165, 1.54) is 11.6 Å². The fourth-order valence-electron chi connectivity index (χ4n) is 5.57. The van der Waals surface area contributed by atoms with Crippen LogP contribution in [-0.4, -0.2) is 70.7 Å². The number of aryl methyl sites for hydroxylation is 1. The average Bonchev–Trinajstić information content (AvgIpc) is 2.91. The van der Waals surface area contributed by atoms with E-state index in [2.05, 4.69) is 48.9 Å². The van der Waals surface area contributed by atoms with Crippen molar-refractivity contribution in [1.29, 1.82) is 0 Å². The summed E-state index contributed by atoms with van der Waals surface area (Å²) in [6.07, 6.45) is 3.92. The van der Waals surface area contributed by atoms with Crippen molar-refractivity contribution in [2.45, 2.75) is 91.5 Å². The van der Waals surface area contributed by atoms with Crippen molar-refractivity contribution in [2.75, 3.05) is 31.1 Å². The summed E-state index contributed by atoms with van der Waals surface area (Å²) in [5.41, 5.74) is 2.81. The van der Waals surface area contributed by atoms with Crippen LogP contribution in [0.15, 0.2) is 36.5 Å². The number of nitrogens with zero attached hydrogens (tertiary/aromatic N) is 4. The van der Waals surface area contributed by atoms with Crippen LogP contribution in [0, 0.1) is 18.7 Å². The van der Waals surface area contributed by atoms with Crippen molar-refractivity contribution in [3.63, 3.8) is 0 Å². The molecule has 41 heavy (non-hydrogen) atoms. The lowest BCUT2D eigenvalue weighted by Gasteiger charge is -2.36. The molecule has 1 saturated carbocycles. The van der Waals surface area contributed by atoms with Gasteiger partial charge in [-0.05, 0) is 96.6 Å². The number of piperazine rings is 1. The quantitative estimate of drug-likeness (QED) is 0.410. The lowest BCUT2D eigenvalue weighted by molar-refractivity contribution is -0.124. The van der Waals surface area contributed by atoms with Gasteiger partial charge in [0.15, 0.2) is 0 Å². The highest BCUT2D eigenvalue weighted by atomic mass is 19.1. The van der Waals surface area contributed by atoms with E-state index in [0.717, 1.165) is 62.8 Å². The standard InChI is InChI=1S/C32H45FN4O4/c1-22(2)37(30(38)24-8-12-28(13-9-24)40-29-14-10-26(33)20-34-29)27-11-7-25(23(3)19-27)21-35-15-17-36(18-16-35)31(39)41-32(4,5)6/h7,10-11,14,19-20,22,24,28H,8-9,12-13,15-18,21H2,1-6H3/t24-,28-. The Kier molecular flexibility index (Phi) is 9.89. The van der Waals surface area contributed by atoms with Gasteiger partial charge in [0.05, 0.1) is 6.20 Å². The predicted octanol–water partition coefficient (Wildman–Crippen LogP) is 5.96. The van der Waals surface area contributed by atoms with Gasteiger partial charge in [-0.2, -0.15) is 0 Å². The molecule has 1 saturated heterocycles. The number of hydrogen-bond acceptors (Lipinski definition) is 6. The number of pyridine rings is 1. The van der Waals surface area contributed by atoms with Crippen LogP contribution in [0.5, 0.6) is 5.88 Å². The average molecular weight is 569 g/mol. The predicted molar refractivity (Wildman–Crippen MR) is 157 cm³/mol. The summed E-state index contributed by atoms with van der Waals surface area (Å²) in [4.78, 5) is 36.2. The molecule has 4 rings (SSSR count). The minimum Gasteiger partial charge on any atom is -0.474 e. The molecule has 0 atom stereocenters. The number of ether oxygens (including phenoxy) is 2. The van der Waals surface area contributed by atoms with Crippen LogP contribution in [0.1, 0.15) is 71.4 Å². The number of rotatable bonds is 7. The number of carbonyl (C=O) groups is 2. The zero-order chi connectivity index (χ0) is 29.7. The lowest BCUT2D eigenvalue weighted by Crippen LogP contribution is -2.49. The molecule has 8 nitrogen and oxygen atoms in total. The van der Waals surface area contributed by atoms with Crippen molar-refractivity contribution in [3.8, 4) is 5.88 Å². The van der Waals surface area contributed by atoms with Gasteiger partial charge < -0.3 is 19.3 Å². The first-order valence-electron chi connectivity index (χ1n) is 14.8. The van der Waals surface area contributed by atoms with Crippen molar-refractivity contribution in [3.05, 3.63) is 53.5 Å². The normalized spacial score (nSPS) is 20.1. The Morgan fingerprint density at radius 1 is 1.05 bits per heavy atom. The van der Waals surface area contributed by atoms with Gasteiger partial charge in [0.1, 0.15) is 17.5 Å². The number of amides is 2. The Balaban J connectivity index is 1.32. The fourth-order valence-corrected chi connectivity index (χ4v) is 5.57. The molecule has 9 heteroatoms. The maximum Gasteiger partial charge on any atom is 0.410 e. The molecular formula is C32H45FN4O4. The molecule has 2 fully saturated rings. The Morgan fingerprint density at radius 2 is 1.73 bits per heavy atom. The first-order chi connectivity index (χ1) is 19.4. The number of hydrogen-bond donors (Lipinski definition) is 0. The highest BCUT2D eigenvalue weighted by molar-refractivity contribution is 5.95. The van der Waals surface area contributed by atoms with Gasteiger partial charge in [0.2, 0.25) is 11.8 Å². The Labute approximate surface area is 243 Å². The molecular weight excluding hydrogens is 523 g/mol. The zero-order valence-electron chi connectivity index (χ0n) is 25.4. The van der Waals surface area contributed by atoms with E-state index >= 15 is 0 Å². The molecule has 0 bridgehead atoms. The SMILES string of the molecule is Cc1cc(N(C(=O)[C@H]2CC[C@H](Oc3ccc(F)cn3)CC2)C(C)C)ccc1CN1CCN(C(=O)OC(C)(C)C)CC1. The maximum atomic E-state index is 13.7. The van der Waals surface area contributed by atoms with Crippen molar-refractivity contribution < 1.29 is 23.5 Å². The van der Waals surface area contributed by atoms with Gasteiger partial charge in [-0.15, -0.1) is 0 Å². The number of carbonyl (C=O) groups excluding carboxylic acids is 2. The third-order valence-corrected chi connectivity index (χ3v) is 7.79. The molecule has 0 radical (unpaired) electrons. The second-order valence-corrected chi connectivity index (χ2v) is 12.6. The summed E-state index contributed by atoms with van der Waals surface area (Å²) in [5.74, 6) is 0.135.